The van der Waals surface area contributed by atoms with E-state index >= 15 is 0 Å². The lowest BCUT2D eigenvalue weighted by Gasteiger charge is -2.36. The van der Waals surface area contributed by atoms with Gasteiger partial charge in [0, 0.05) is 106 Å². The maximum absolute atomic E-state index is 14.3. The Morgan fingerprint density at radius 1 is 0.653 bits per heavy atom. The van der Waals surface area contributed by atoms with E-state index in [1.165, 1.54) is 32.1 Å². The lowest BCUT2D eigenvalue weighted by Crippen LogP contribution is -2.47. The van der Waals surface area contributed by atoms with Crippen molar-refractivity contribution < 1.29 is 38.0 Å². The van der Waals surface area contributed by atoms with E-state index in [1.54, 1.807) is 38.5 Å². The molecule has 15 heteroatoms. The summed E-state index contributed by atoms with van der Waals surface area (Å²) >= 11 is 0. The lowest BCUT2D eigenvalue weighted by atomic mass is 9.92. The molecule has 5 atom stereocenters. The second-order valence-electron chi connectivity index (χ2n) is 22.2. The van der Waals surface area contributed by atoms with Crippen molar-refractivity contribution in [1.82, 2.24) is 35.3 Å². The van der Waals surface area contributed by atoms with Gasteiger partial charge in [0.15, 0.2) is 23.0 Å². The van der Waals surface area contributed by atoms with Crippen LogP contribution in [0.5, 0.6) is 34.5 Å². The van der Waals surface area contributed by atoms with E-state index in [1.807, 2.05) is 80.2 Å². The van der Waals surface area contributed by atoms with E-state index in [2.05, 4.69) is 50.8 Å². The molecule has 2 bridgehead atoms. The summed E-state index contributed by atoms with van der Waals surface area (Å²) in [6.45, 7) is 12.7. The highest BCUT2D eigenvalue weighted by molar-refractivity contribution is 5.97. The van der Waals surface area contributed by atoms with Crippen LogP contribution in [0.25, 0.3) is 21.5 Å². The number of nitrogens with one attached hydrogen (secondary N) is 2. The molecule has 4 aromatic carbocycles. The minimum atomic E-state index is -0.815. The molecule has 8 heterocycles. The van der Waals surface area contributed by atoms with Crippen LogP contribution in [0.2, 0.25) is 0 Å². The topological polar surface area (TPSA) is 149 Å². The average molecular weight is 1020 g/mol. The Hall–Kier alpha value is -6.68. The molecule has 1 unspecified atom stereocenters. The highest BCUT2D eigenvalue weighted by Crippen LogP contribution is 2.48. The molecular weight excluding hydrogens is 947 g/mol. The van der Waals surface area contributed by atoms with E-state index in [0.29, 0.717) is 89.9 Å². The number of rotatable bonds is 14. The third-order valence-corrected chi connectivity index (χ3v) is 15.6. The summed E-state index contributed by atoms with van der Waals surface area (Å²) in [6.07, 6.45) is 13.4. The molecule has 4 saturated heterocycles. The third-order valence-electron chi connectivity index (χ3n) is 15.6. The number of nitrogens with zero attached hydrogens (tertiary/aromatic N) is 5. The maximum Gasteiger partial charge on any atom is 0.254 e. The molecule has 6 aliphatic heterocycles. The Kier molecular flexibility index (Phi) is 14.2. The number of carbonyl (C=O) groups is 2. The number of aromatic nitrogens is 2. The number of ether oxygens (including phenoxy) is 6. The summed E-state index contributed by atoms with van der Waals surface area (Å²) in [6, 6.07) is 29.6. The molecule has 0 radical (unpaired) electrons. The van der Waals surface area contributed by atoms with Gasteiger partial charge in [0.1, 0.15) is 0 Å². The summed E-state index contributed by atoms with van der Waals surface area (Å²) in [7, 11) is 3.16. The van der Waals surface area contributed by atoms with Crippen LogP contribution in [0.3, 0.4) is 0 Å². The van der Waals surface area contributed by atoms with E-state index in [9.17, 15) is 9.59 Å². The number of likely N-dealkylation sites (tertiary alicyclic amines) is 1. The molecule has 75 heavy (non-hydrogen) atoms. The van der Waals surface area contributed by atoms with Gasteiger partial charge in [0.05, 0.1) is 38.7 Å². The number of hydrogen-bond acceptors (Lipinski definition) is 13. The van der Waals surface area contributed by atoms with Gasteiger partial charge in [-0.25, -0.2) is 0 Å². The fourth-order valence-electron chi connectivity index (χ4n) is 12.2. The summed E-state index contributed by atoms with van der Waals surface area (Å²) in [5, 5.41) is 11.7. The van der Waals surface area contributed by atoms with Crippen molar-refractivity contribution in [2.45, 2.75) is 128 Å². The highest BCUT2D eigenvalue weighted by Gasteiger charge is 2.40. The number of piperidine rings is 1. The Bertz CT molecular complexity index is 3060. The first-order valence-corrected chi connectivity index (χ1v) is 26.9. The minimum Gasteiger partial charge on any atom is -0.493 e. The molecule has 0 spiro atoms. The van der Waals surface area contributed by atoms with Crippen LogP contribution in [0.1, 0.15) is 111 Å². The highest BCUT2D eigenvalue weighted by atomic mass is 16.7. The van der Waals surface area contributed by atoms with E-state index in [4.69, 9.17) is 33.4 Å². The van der Waals surface area contributed by atoms with Gasteiger partial charge < -0.3 is 48.9 Å². The Labute approximate surface area is 440 Å². The number of hydrogen-bond donors (Lipinski definition) is 2. The summed E-state index contributed by atoms with van der Waals surface area (Å²) in [5.41, 5.74) is 2.78. The maximum atomic E-state index is 14.3. The standard InChI is InChI=1S/C34H42N4O4.C26H29N3O4/c1-34(2)41-31-17-25(16-30(40-3)32(31)42-34)33(39)38(20-28-15-23-7-4-5-8-24(23)18-35-28)21-29-9-6-12-37(29)19-22-13-26-10-11-27(14-22)36-26;1-26(2)32-23-13-19(12-22(31-3)24(23)33-26)25(30)29(15-20-9-6-10-27-20)16-21-11-17-7-4-5-8-18(17)14-28-21/h4-5,7-8,15-18,22,26-27,29,36H,6,9-14,19-21H2,1-3H3;4-5,7-8,11-14,20,27H,6,9-10,15-16H2,1-3H3/t22?,26-,27+,29-;20-/m00/s1. The summed E-state index contributed by atoms with van der Waals surface area (Å²) in [4.78, 5) is 44.0. The lowest BCUT2D eigenvalue weighted by molar-refractivity contribution is -0.0445. The van der Waals surface area contributed by atoms with Crippen molar-refractivity contribution in [3.8, 4) is 34.5 Å². The van der Waals surface area contributed by atoms with Crippen LogP contribution < -0.4 is 39.1 Å². The van der Waals surface area contributed by atoms with Gasteiger partial charge in [-0.15, -0.1) is 0 Å². The number of amides is 2. The molecule has 0 saturated carbocycles. The van der Waals surface area contributed by atoms with Crippen LogP contribution in [0.4, 0.5) is 0 Å². The number of methoxy groups -OCH3 is 2. The van der Waals surface area contributed by atoms with Crippen LogP contribution in [-0.2, 0) is 13.1 Å². The first kappa shape index (κ1) is 50.5. The Morgan fingerprint density at radius 3 is 1.68 bits per heavy atom. The van der Waals surface area contributed by atoms with Crippen molar-refractivity contribution in [2.24, 2.45) is 5.92 Å². The zero-order valence-corrected chi connectivity index (χ0v) is 44.2. The van der Waals surface area contributed by atoms with E-state index < -0.39 is 11.6 Å². The second-order valence-corrected chi connectivity index (χ2v) is 22.2. The van der Waals surface area contributed by atoms with Crippen LogP contribution in [0.15, 0.2) is 97.3 Å². The molecule has 394 valence electrons. The molecule has 2 amide bonds. The van der Waals surface area contributed by atoms with Gasteiger partial charge in [-0.1, -0.05) is 48.5 Å². The second kappa shape index (κ2) is 21.2. The number of benzene rings is 4. The quantitative estimate of drug-likeness (QED) is 0.107. The zero-order chi connectivity index (χ0) is 51.8. The van der Waals surface area contributed by atoms with E-state index in [0.717, 1.165) is 77.7 Å². The monoisotopic (exact) mass is 1020 g/mol. The normalized spacial score (nSPS) is 22.7. The molecule has 6 aromatic rings. The number of carbonyl (C=O) groups excluding carboxylic acids is 2. The first-order valence-electron chi connectivity index (χ1n) is 26.9. The van der Waals surface area contributed by atoms with Crippen LogP contribution in [0, 0.1) is 5.92 Å². The largest absolute Gasteiger partial charge is 0.493 e. The van der Waals surface area contributed by atoms with Crippen molar-refractivity contribution in [3.05, 3.63) is 120 Å². The molecule has 2 N–H and O–H groups in total. The number of fused-ring (bicyclic) bond motifs is 6. The van der Waals surface area contributed by atoms with Crippen LogP contribution in [-0.4, -0.2) is 119 Å². The predicted octanol–water partition coefficient (Wildman–Crippen LogP) is 9.53. The number of pyridine rings is 2. The predicted molar refractivity (Wildman–Crippen MR) is 288 cm³/mol. The molecule has 15 nitrogen and oxygen atoms in total. The average Bonchev–Trinajstić information content (AvgIpc) is 4.27. The van der Waals surface area contributed by atoms with E-state index in [-0.39, 0.29) is 17.9 Å². The van der Waals surface area contributed by atoms with Crippen molar-refractivity contribution >= 4 is 33.4 Å². The van der Waals surface area contributed by atoms with Gasteiger partial charge in [0.25, 0.3) is 11.8 Å². The van der Waals surface area contributed by atoms with Crippen molar-refractivity contribution in [2.75, 3.05) is 46.9 Å². The molecule has 0 aliphatic carbocycles. The van der Waals surface area contributed by atoms with Gasteiger partial charge in [-0.3, -0.25) is 24.5 Å². The van der Waals surface area contributed by atoms with Gasteiger partial charge >= 0.3 is 0 Å². The minimum absolute atomic E-state index is 0.0499. The van der Waals surface area contributed by atoms with Gasteiger partial charge in [-0.05, 0) is 118 Å². The smallest absolute Gasteiger partial charge is 0.254 e. The molecular formula is C60H71N7O8. The zero-order valence-electron chi connectivity index (χ0n) is 44.2. The molecule has 12 rings (SSSR count). The first-order chi connectivity index (χ1) is 36.2. The Balaban J connectivity index is 0.000000165. The summed E-state index contributed by atoms with van der Waals surface area (Å²) < 4.78 is 34.9. The molecule has 2 aromatic heterocycles. The third kappa shape index (κ3) is 11.3. The van der Waals surface area contributed by atoms with Crippen molar-refractivity contribution in [3.63, 3.8) is 0 Å². The SMILES string of the molecule is COc1cc(C(=O)N(Cc2cc3ccccc3cn2)C[C@@H]2CCCN2)cc2c1OC(C)(C)O2.COc1cc(C(=O)N(Cc2cc3ccccc3cn2)C[C@@H]2CCCN2CC2C[C@H]3CC[C@@H](C2)N3)cc2c1OC(C)(C)O2. The molecule has 4 fully saturated rings. The van der Waals surface area contributed by atoms with Crippen LogP contribution >= 0.6 is 0 Å². The van der Waals surface area contributed by atoms with Crippen molar-refractivity contribution in [1.29, 1.82) is 0 Å². The summed E-state index contributed by atoms with van der Waals surface area (Å²) in [5.74, 6) is 2.09. The van der Waals surface area contributed by atoms with Gasteiger partial charge in [0.2, 0.25) is 23.1 Å². The molecule has 6 aliphatic rings. The fourth-order valence-corrected chi connectivity index (χ4v) is 12.2. The Morgan fingerprint density at radius 2 is 1.17 bits per heavy atom. The van der Waals surface area contributed by atoms with Gasteiger partial charge in [-0.2, -0.15) is 0 Å². The fraction of sp³-hybridized carbons (Fsp3) is 0.467.